The molecule has 0 unspecified atom stereocenters. The van der Waals surface area contributed by atoms with Gasteiger partial charge in [0.15, 0.2) is 5.69 Å². The smallest absolute Gasteiger partial charge is 0.276 e. The zero-order chi connectivity index (χ0) is 20.9. The van der Waals surface area contributed by atoms with Crippen LogP contribution in [0.1, 0.15) is 80.4 Å². The zero-order valence-corrected chi connectivity index (χ0v) is 18.3. The van der Waals surface area contributed by atoms with Crippen molar-refractivity contribution in [3.8, 4) is 0 Å². The normalized spacial score (nSPS) is 23.1. The van der Waals surface area contributed by atoms with Gasteiger partial charge in [-0.1, -0.05) is 54.6 Å². The SMILES string of the molecule is CC1CCC(N(C(=O)c2csnn2)[C@@H](C(=O)NC2CCCC2)c2ccccc2)CC1. The molecule has 0 radical (unpaired) electrons. The predicted molar refractivity (Wildman–Crippen MR) is 117 cm³/mol. The summed E-state index contributed by atoms with van der Waals surface area (Å²) in [5.74, 6) is 0.378. The van der Waals surface area contributed by atoms with Crippen molar-refractivity contribution >= 4 is 23.3 Å². The van der Waals surface area contributed by atoms with Gasteiger partial charge in [-0.25, -0.2) is 0 Å². The molecule has 2 amide bonds. The Morgan fingerprint density at radius 2 is 1.77 bits per heavy atom. The Balaban J connectivity index is 1.69. The van der Waals surface area contributed by atoms with Gasteiger partial charge < -0.3 is 10.2 Å². The molecular formula is C23H30N4O2S. The first-order valence-electron chi connectivity index (χ1n) is 11.1. The number of rotatable bonds is 6. The van der Waals surface area contributed by atoms with Gasteiger partial charge in [-0.2, -0.15) is 0 Å². The monoisotopic (exact) mass is 426 g/mol. The number of nitrogens with one attached hydrogen (secondary N) is 1. The number of amides is 2. The molecule has 0 aliphatic heterocycles. The molecule has 1 atom stereocenters. The van der Waals surface area contributed by atoms with Crippen molar-refractivity contribution in [3.63, 3.8) is 0 Å². The van der Waals surface area contributed by atoms with E-state index in [1.54, 1.807) is 5.38 Å². The van der Waals surface area contributed by atoms with Gasteiger partial charge in [-0.15, -0.1) is 5.10 Å². The van der Waals surface area contributed by atoms with Crippen molar-refractivity contribution in [2.24, 2.45) is 5.92 Å². The molecule has 0 spiro atoms. The topological polar surface area (TPSA) is 75.2 Å². The fourth-order valence-electron chi connectivity index (χ4n) is 4.83. The highest BCUT2D eigenvalue weighted by Gasteiger charge is 2.39. The van der Waals surface area contributed by atoms with Gasteiger partial charge in [-0.3, -0.25) is 9.59 Å². The Hall–Kier alpha value is -2.28. The molecule has 1 aromatic heterocycles. The molecule has 6 nitrogen and oxygen atoms in total. The number of carbonyl (C=O) groups is 2. The van der Waals surface area contributed by atoms with Gasteiger partial charge in [-0.05, 0) is 61.5 Å². The number of nitrogens with zero attached hydrogens (tertiary/aromatic N) is 3. The third kappa shape index (κ3) is 4.72. The Morgan fingerprint density at radius 1 is 1.07 bits per heavy atom. The Labute approximate surface area is 182 Å². The van der Waals surface area contributed by atoms with Crippen LogP contribution in [0.3, 0.4) is 0 Å². The molecule has 2 fully saturated rings. The molecule has 2 aliphatic rings. The van der Waals surface area contributed by atoms with Crippen LogP contribution in [0.15, 0.2) is 35.7 Å². The number of hydrogen-bond donors (Lipinski definition) is 1. The molecule has 1 aromatic carbocycles. The van der Waals surface area contributed by atoms with E-state index in [0.29, 0.717) is 11.6 Å². The molecule has 2 saturated carbocycles. The van der Waals surface area contributed by atoms with E-state index < -0.39 is 6.04 Å². The Bertz CT molecular complexity index is 828. The lowest BCUT2D eigenvalue weighted by Crippen LogP contribution is -2.51. The van der Waals surface area contributed by atoms with E-state index in [9.17, 15) is 9.59 Å². The highest BCUT2D eigenvalue weighted by Crippen LogP contribution is 2.34. The van der Waals surface area contributed by atoms with Crippen LogP contribution in [0.4, 0.5) is 0 Å². The molecule has 2 aliphatic carbocycles. The first-order chi connectivity index (χ1) is 14.6. The second kappa shape index (κ2) is 9.69. The number of aromatic nitrogens is 2. The van der Waals surface area contributed by atoms with Crippen molar-refractivity contribution in [1.82, 2.24) is 19.8 Å². The molecule has 2 aromatic rings. The van der Waals surface area contributed by atoms with Crippen LogP contribution < -0.4 is 5.32 Å². The van der Waals surface area contributed by atoms with Crippen LogP contribution in [-0.4, -0.2) is 38.4 Å². The lowest BCUT2D eigenvalue weighted by Gasteiger charge is -2.40. The van der Waals surface area contributed by atoms with Crippen LogP contribution in [-0.2, 0) is 4.79 Å². The van der Waals surface area contributed by atoms with Crippen molar-refractivity contribution in [2.45, 2.75) is 76.4 Å². The van der Waals surface area contributed by atoms with Crippen LogP contribution in [0, 0.1) is 5.92 Å². The van der Waals surface area contributed by atoms with Crippen molar-refractivity contribution < 1.29 is 9.59 Å². The second-order valence-corrected chi connectivity index (χ2v) is 9.33. The van der Waals surface area contributed by atoms with Crippen LogP contribution in [0.25, 0.3) is 0 Å². The first kappa shape index (κ1) is 21.0. The lowest BCUT2D eigenvalue weighted by atomic mass is 9.85. The largest absolute Gasteiger partial charge is 0.351 e. The van der Waals surface area contributed by atoms with E-state index in [1.807, 2.05) is 35.2 Å². The summed E-state index contributed by atoms with van der Waals surface area (Å²) in [6, 6.07) is 9.27. The summed E-state index contributed by atoms with van der Waals surface area (Å²) in [4.78, 5) is 29.0. The highest BCUT2D eigenvalue weighted by molar-refractivity contribution is 7.03. The maximum Gasteiger partial charge on any atom is 0.276 e. The van der Waals surface area contributed by atoms with Gasteiger partial charge in [0.05, 0.1) is 0 Å². The van der Waals surface area contributed by atoms with Crippen molar-refractivity contribution in [3.05, 3.63) is 47.0 Å². The standard InChI is InChI=1S/C23H30N4O2S/c1-16-11-13-19(14-12-16)27(23(29)20-15-30-26-25-20)21(17-7-3-2-4-8-17)22(28)24-18-9-5-6-10-18/h2-4,7-8,15-16,18-19,21H,5-6,9-14H2,1H3,(H,24,28)/t16?,19?,21-/m1/s1. The van der Waals surface area contributed by atoms with E-state index in [2.05, 4.69) is 21.8 Å². The van der Waals surface area contributed by atoms with Gasteiger partial charge in [0.25, 0.3) is 5.91 Å². The summed E-state index contributed by atoms with van der Waals surface area (Å²) < 4.78 is 3.89. The molecular weight excluding hydrogens is 396 g/mol. The third-order valence-electron chi connectivity index (χ3n) is 6.54. The molecule has 30 heavy (non-hydrogen) atoms. The molecule has 1 N–H and O–H groups in total. The van der Waals surface area contributed by atoms with Gasteiger partial charge in [0.1, 0.15) is 6.04 Å². The van der Waals surface area contributed by atoms with Crippen LogP contribution in [0.2, 0.25) is 0 Å². The van der Waals surface area contributed by atoms with Gasteiger partial charge in [0, 0.05) is 17.5 Å². The highest BCUT2D eigenvalue weighted by atomic mass is 32.1. The summed E-state index contributed by atoms with van der Waals surface area (Å²) >= 11 is 1.17. The lowest BCUT2D eigenvalue weighted by molar-refractivity contribution is -0.127. The van der Waals surface area contributed by atoms with Crippen molar-refractivity contribution in [2.75, 3.05) is 0 Å². The van der Waals surface area contributed by atoms with Crippen LogP contribution in [0.5, 0.6) is 0 Å². The number of carbonyl (C=O) groups excluding carboxylic acids is 2. The average Bonchev–Trinajstić information content (AvgIpc) is 3.47. The molecule has 1 heterocycles. The molecule has 0 saturated heterocycles. The molecule has 7 heteroatoms. The fraction of sp³-hybridized carbons (Fsp3) is 0.565. The molecule has 0 bridgehead atoms. The summed E-state index contributed by atoms with van der Waals surface area (Å²) in [7, 11) is 0. The maximum absolute atomic E-state index is 13.6. The summed E-state index contributed by atoms with van der Waals surface area (Å²) in [5, 5.41) is 8.95. The predicted octanol–water partition coefficient (Wildman–Crippen LogP) is 4.36. The number of hydrogen-bond acceptors (Lipinski definition) is 5. The summed E-state index contributed by atoms with van der Waals surface area (Å²) in [6.07, 6.45) is 8.26. The summed E-state index contributed by atoms with van der Waals surface area (Å²) in [6.45, 7) is 2.26. The Morgan fingerprint density at radius 3 is 2.40 bits per heavy atom. The van der Waals surface area contributed by atoms with Crippen LogP contribution >= 0.6 is 11.5 Å². The fourth-order valence-corrected chi connectivity index (χ4v) is 5.26. The van der Waals surface area contributed by atoms with E-state index >= 15 is 0 Å². The van der Waals surface area contributed by atoms with Crippen molar-refractivity contribution in [1.29, 1.82) is 0 Å². The minimum Gasteiger partial charge on any atom is -0.351 e. The van der Waals surface area contributed by atoms with Gasteiger partial charge >= 0.3 is 0 Å². The van der Waals surface area contributed by atoms with E-state index in [0.717, 1.165) is 56.9 Å². The minimum absolute atomic E-state index is 0.0231. The third-order valence-corrected chi connectivity index (χ3v) is 7.04. The van der Waals surface area contributed by atoms with Gasteiger partial charge in [0.2, 0.25) is 5.91 Å². The van der Waals surface area contributed by atoms with E-state index in [1.165, 1.54) is 11.5 Å². The quantitative estimate of drug-likeness (QED) is 0.745. The Kier molecular flexibility index (Phi) is 6.77. The second-order valence-electron chi connectivity index (χ2n) is 8.72. The average molecular weight is 427 g/mol. The zero-order valence-electron chi connectivity index (χ0n) is 17.5. The number of benzene rings is 1. The first-order valence-corrected chi connectivity index (χ1v) is 11.9. The van der Waals surface area contributed by atoms with E-state index in [-0.39, 0.29) is 23.9 Å². The minimum atomic E-state index is -0.653. The summed E-state index contributed by atoms with van der Waals surface area (Å²) in [5.41, 5.74) is 1.18. The van der Waals surface area contributed by atoms with E-state index in [4.69, 9.17) is 0 Å². The molecule has 4 rings (SSSR count). The maximum atomic E-state index is 13.6. The molecule has 160 valence electrons.